The molecule has 1 fully saturated rings. The Kier molecular flexibility index (Phi) is 3.72. The number of ketones is 1. The Bertz CT molecular complexity index is 284. The average Bonchev–Trinajstić information content (AvgIpc) is 2.20. The van der Waals surface area contributed by atoms with Gasteiger partial charge in [-0.1, -0.05) is 30.5 Å². The Labute approximate surface area is 83.6 Å². The van der Waals surface area contributed by atoms with Gasteiger partial charge in [0, 0.05) is 4.91 Å². The van der Waals surface area contributed by atoms with Crippen LogP contribution in [0.15, 0.2) is 17.3 Å². The highest BCUT2D eigenvalue weighted by Gasteiger charge is 2.36. The van der Waals surface area contributed by atoms with Crippen LogP contribution in [0.25, 0.3) is 10.4 Å². The molecule has 0 aliphatic heterocycles. The number of nitrogens with zero attached hydrogens (tertiary/aromatic N) is 3. The highest BCUT2D eigenvalue weighted by Crippen LogP contribution is 2.33. The van der Waals surface area contributed by atoms with Gasteiger partial charge >= 0.3 is 0 Å². The molecular weight excluding hydrogens is 178 g/mol. The van der Waals surface area contributed by atoms with Gasteiger partial charge < -0.3 is 0 Å². The van der Waals surface area contributed by atoms with Gasteiger partial charge in [0.25, 0.3) is 0 Å². The first-order chi connectivity index (χ1) is 6.75. The maximum Gasteiger partial charge on any atom is 0.167 e. The minimum absolute atomic E-state index is 0.0440. The largest absolute Gasteiger partial charge is 0.294 e. The van der Waals surface area contributed by atoms with Crippen molar-refractivity contribution >= 4 is 5.78 Å². The van der Waals surface area contributed by atoms with Crippen molar-refractivity contribution in [2.45, 2.75) is 44.6 Å². The molecule has 4 heteroatoms. The molecule has 4 nitrogen and oxygen atoms in total. The number of azide groups is 1. The van der Waals surface area contributed by atoms with Gasteiger partial charge in [-0.2, -0.15) is 0 Å². The van der Waals surface area contributed by atoms with E-state index in [1.807, 2.05) is 0 Å². The third-order valence-corrected chi connectivity index (χ3v) is 2.69. The summed E-state index contributed by atoms with van der Waals surface area (Å²) in [6.45, 7) is 1.80. The predicted molar refractivity (Wildman–Crippen MR) is 54.8 cm³/mol. The van der Waals surface area contributed by atoms with Crippen molar-refractivity contribution in [2.24, 2.45) is 5.11 Å². The minimum Gasteiger partial charge on any atom is -0.294 e. The highest BCUT2D eigenvalue weighted by molar-refractivity contribution is 5.98. The van der Waals surface area contributed by atoms with Crippen molar-refractivity contribution in [2.75, 3.05) is 0 Å². The van der Waals surface area contributed by atoms with E-state index in [-0.39, 0.29) is 5.78 Å². The lowest BCUT2D eigenvalue weighted by Gasteiger charge is -2.29. The molecule has 0 bridgehead atoms. The van der Waals surface area contributed by atoms with Crippen LogP contribution < -0.4 is 0 Å². The van der Waals surface area contributed by atoms with Crippen LogP contribution in [0, 0.1) is 0 Å². The maximum atomic E-state index is 11.8. The van der Waals surface area contributed by atoms with Crippen LogP contribution in [0.2, 0.25) is 0 Å². The second-order valence-corrected chi connectivity index (χ2v) is 3.65. The Morgan fingerprint density at radius 2 is 2.07 bits per heavy atom. The topological polar surface area (TPSA) is 65.8 Å². The minimum atomic E-state index is -0.778. The van der Waals surface area contributed by atoms with Gasteiger partial charge in [0.15, 0.2) is 5.78 Å². The normalized spacial score (nSPS) is 20.4. The van der Waals surface area contributed by atoms with Gasteiger partial charge in [-0.25, -0.2) is 0 Å². The Hall–Kier alpha value is -1.28. The van der Waals surface area contributed by atoms with Gasteiger partial charge in [0.1, 0.15) is 5.54 Å². The highest BCUT2D eigenvalue weighted by atomic mass is 16.1. The summed E-state index contributed by atoms with van der Waals surface area (Å²) in [5.41, 5.74) is 7.70. The molecule has 0 unspecified atom stereocenters. The summed E-state index contributed by atoms with van der Waals surface area (Å²) < 4.78 is 0. The lowest BCUT2D eigenvalue weighted by Crippen LogP contribution is -2.37. The van der Waals surface area contributed by atoms with Crippen molar-refractivity contribution in [3.8, 4) is 0 Å². The Morgan fingerprint density at radius 3 is 2.57 bits per heavy atom. The number of carbonyl (C=O) groups excluding carboxylic acids is 1. The molecule has 0 N–H and O–H groups in total. The van der Waals surface area contributed by atoms with E-state index in [1.54, 1.807) is 13.0 Å². The predicted octanol–water partition coefficient (Wildman–Crippen LogP) is 3.14. The molecule has 0 spiro atoms. The molecule has 1 aliphatic rings. The van der Waals surface area contributed by atoms with Crippen LogP contribution >= 0.6 is 0 Å². The van der Waals surface area contributed by atoms with Gasteiger partial charge in [0.05, 0.1) is 0 Å². The molecule has 1 aliphatic carbocycles. The van der Waals surface area contributed by atoms with Crippen LogP contribution in [0.4, 0.5) is 0 Å². The summed E-state index contributed by atoms with van der Waals surface area (Å²) in [7, 11) is 0. The van der Waals surface area contributed by atoms with Gasteiger partial charge in [-0.3, -0.25) is 4.79 Å². The van der Waals surface area contributed by atoms with Crippen molar-refractivity contribution < 1.29 is 4.79 Å². The molecule has 76 valence electrons. The van der Waals surface area contributed by atoms with Gasteiger partial charge in [-0.05, 0) is 31.4 Å². The molecule has 0 radical (unpaired) electrons. The monoisotopic (exact) mass is 193 g/mol. The van der Waals surface area contributed by atoms with E-state index in [0.717, 1.165) is 19.3 Å². The molecule has 0 amide bonds. The van der Waals surface area contributed by atoms with Crippen LogP contribution in [0.5, 0.6) is 0 Å². The molecule has 1 rings (SSSR count). The van der Waals surface area contributed by atoms with Crippen LogP contribution in [-0.2, 0) is 4.79 Å². The molecule has 0 aromatic rings. The van der Waals surface area contributed by atoms with Crippen molar-refractivity contribution in [1.29, 1.82) is 0 Å². The zero-order valence-corrected chi connectivity index (χ0v) is 8.44. The second-order valence-electron chi connectivity index (χ2n) is 3.65. The fourth-order valence-electron chi connectivity index (χ4n) is 1.92. The summed E-state index contributed by atoms with van der Waals surface area (Å²) in [5.74, 6) is -0.0440. The van der Waals surface area contributed by atoms with Crippen LogP contribution in [0.3, 0.4) is 0 Å². The molecule has 0 aromatic carbocycles. The molecule has 14 heavy (non-hydrogen) atoms. The van der Waals surface area contributed by atoms with E-state index in [2.05, 4.69) is 10.0 Å². The summed E-state index contributed by atoms with van der Waals surface area (Å²) in [4.78, 5) is 14.6. The van der Waals surface area contributed by atoms with Crippen molar-refractivity contribution in [3.63, 3.8) is 0 Å². The summed E-state index contributed by atoms with van der Waals surface area (Å²) >= 11 is 0. The van der Waals surface area contributed by atoms with Crippen LogP contribution in [0.1, 0.15) is 39.0 Å². The Morgan fingerprint density at radius 1 is 1.43 bits per heavy atom. The summed E-state index contributed by atoms with van der Waals surface area (Å²) in [6, 6.07) is 0. The fourth-order valence-corrected chi connectivity index (χ4v) is 1.92. The third kappa shape index (κ3) is 2.15. The lowest BCUT2D eigenvalue weighted by molar-refractivity contribution is -0.120. The maximum absolute atomic E-state index is 11.8. The number of hydrogen-bond donors (Lipinski definition) is 0. The molecule has 0 saturated heterocycles. The first kappa shape index (κ1) is 10.8. The van der Waals surface area contributed by atoms with Crippen molar-refractivity contribution in [3.05, 3.63) is 22.6 Å². The first-order valence-electron chi connectivity index (χ1n) is 4.98. The number of hydrogen-bond acceptors (Lipinski definition) is 2. The van der Waals surface area contributed by atoms with Crippen molar-refractivity contribution in [1.82, 2.24) is 0 Å². The smallest absolute Gasteiger partial charge is 0.167 e. The summed E-state index contributed by atoms with van der Waals surface area (Å²) in [5, 5.41) is 3.71. The zero-order valence-electron chi connectivity index (χ0n) is 8.44. The fraction of sp³-hybridized carbons (Fsp3) is 0.700. The van der Waals surface area contributed by atoms with E-state index in [1.165, 1.54) is 6.08 Å². The molecule has 0 aromatic heterocycles. The molecule has 0 heterocycles. The van der Waals surface area contributed by atoms with E-state index < -0.39 is 5.54 Å². The molecule has 1 saturated carbocycles. The third-order valence-electron chi connectivity index (χ3n) is 2.69. The van der Waals surface area contributed by atoms with Gasteiger partial charge in [0.2, 0.25) is 0 Å². The Balaban J connectivity index is 2.90. The van der Waals surface area contributed by atoms with E-state index in [9.17, 15) is 4.79 Å². The van der Waals surface area contributed by atoms with E-state index >= 15 is 0 Å². The number of rotatable bonds is 3. The standard InChI is InChI=1S/C10H15N3O/c1-2-6-9(14)10(12-13-11)7-4-3-5-8-10/h2,6H,3-5,7-8H2,1H3. The van der Waals surface area contributed by atoms with Gasteiger partial charge in [-0.15, -0.1) is 0 Å². The summed E-state index contributed by atoms with van der Waals surface area (Å²) in [6.07, 6.45) is 7.68. The van der Waals surface area contributed by atoms with Crippen LogP contribution in [-0.4, -0.2) is 11.3 Å². The quantitative estimate of drug-likeness (QED) is 0.294. The number of allylic oxidation sites excluding steroid dienone is 1. The average molecular weight is 193 g/mol. The first-order valence-corrected chi connectivity index (χ1v) is 4.98. The molecular formula is C10H15N3O. The molecule has 0 atom stereocenters. The SMILES string of the molecule is CC=CC(=O)C1(N=[N+]=[N-])CCCCC1. The van der Waals surface area contributed by atoms with E-state index in [4.69, 9.17) is 5.53 Å². The zero-order chi connectivity index (χ0) is 10.4. The lowest BCUT2D eigenvalue weighted by atomic mass is 9.79. The number of carbonyl (C=O) groups is 1. The van der Waals surface area contributed by atoms with E-state index in [0.29, 0.717) is 12.8 Å². The second kappa shape index (κ2) is 4.82.